The molecular weight excluding hydrogens is 264 g/mol. The molecule has 3 rings (SSSR count). The fourth-order valence-electron chi connectivity index (χ4n) is 2.25. The van der Waals surface area contributed by atoms with Crippen LogP contribution in [0.25, 0.3) is 22.9 Å². The fourth-order valence-corrected chi connectivity index (χ4v) is 2.25. The minimum Gasteiger partial charge on any atom is -0.478 e. The molecule has 0 atom stereocenters. The van der Waals surface area contributed by atoms with Crippen molar-refractivity contribution in [2.45, 2.75) is 6.92 Å². The number of carboxylic acid groups (broad SMARTS) is 1. The fraction of sp³-hybridized carbons (Fsp3) is 0.0588. The Morgan fingerprint density at radius 2 is 1.86 bits per heavy atom. The van der Waals surface area contributed by atoms with E-state index in [0.29, 0.717) is 0 Å². The average Bonchev–Trinajstić information content (AvgIpc) is 2.87. The first-order valence-corrected chi connectivity index (χ1v) is 6.61. The molecule has 1 aromatic carbocycles. The summed E-state index contributed by atoms with van der Waals surface area (Å²) in [5.41, 5.74) is 3.73. The molecule has 0 spiro atoms. The Kier molecular flexibility index (Phi) is 3.28. The summed E-state index contributed by atoms with van der Waals surface area (Å²) in [6.45, 7) is 1.59. The van der Waals surface area contributed by atoms with Gasteiger partial charge in [-0.15, -0.1) is 0 Å². The first kappa shape index (κ1) is 13.1. The van der Waals surface area contributed by atoms with Crippen LogP contribution in [0.15, 0.2) is 60.3 Å². The Labute approximate surface area is 122 Å². The second-order valence-electron chi connectivity index (χ2n) is 4.79. The van der Waals surface area contributed by atoms with Gasteiger partial charge in [0.1, 0.15) is 5.69 Å². The van der Waals surface area contributed by atoms with Gasteiger partial charge >= 0.3 is 5.97 Å². The predicted molar refractivity (Wildman–Crippen MR) is 81.9 cm³/mol. The van der Waals surface area contributed by atoms with Crippen molar-refractivity contribution in [3.05, 3.63) is 65.9 Å². The monoisotopic (exact) mass is 278 g/mol. The molecule has 3 aromatic rings. The summed E-state index contributed by atoms with van der Waals surface area (Å²) in [6, 6.07) is 15.5. The van der Waals surface area contributed by atoms with Gasteiger partial charge in [-0.2, -0.15) is 5.10 Å². The highest BCUT2D eigenvalue weighted by Crippen LogP contribution is 2.28. The van der Waals surface area contributed by atoms with Crippen molar-refractivity contribution in [2.24, 2.45) is 0 Å². The zero-order chi connectivity index (χ0) is 14.8. The molecular formula is C17H14N2O2. The summed E-state index contributed by atoms with van der Waals surface area (Å²) in [7, 11) is 0. The predicted octanol–water partition coefficient (Wildman–Crippen LogP) is 3.49. The average molecular weight is 278 g/mol. The number of aromatic nitrogens is 2. The van der Waals surface area contributed by atoms with E-state index in [1.165, 1.54) is 0 Å². The van der Waals surface area contributed by atoms with Crippen LogP contribution in [0.4, 0.5) is 0 Å². The number of nitrogens with zero attached hydrogens (tertiary/aromatic N) is 2. The molecule has 0 aliphatic rings. The lowest BCUT2D eigenvalue weighted by molar-refractivity contribution is -0.132. The Morgan fingerprint density at radius 3 is 2.57 bits per heavy atom. The summed E-state index contributed by atoms with van der Waals surface area (Å²) in [5, 5.41) is 13.7. The molecule has 0 radical (unpaired) electrons. The summed E-state index contributed by atoms with van der Waals surface area (Å²) >= 11 is 0. The Balaban J connectivity index is 2.29. The molecule has 0 aliphatic carbocycles. The second-order valence-corrected chi connectivity index (χ2v) is 4.79. The van der Waals surface area contributed by atoms with Crippen molar-refractivity contribution < 1.29 is 9.90 Å². The molecule has 0 bridgehead atoms. The summed E-state index contributed by atoms with van der Waals surface area (Å²) in [4.78, 5) is 11.1. The molecule has 1 N–H and O–H groups in total. The minimum absolute atomic E-state index is 0.283. The summed E-state index contributed by atoms with van der Waals surface area (Å²) in [6.07, 6.45) is 3.53. The SMILES string of the molecule is C/C(=C\c1c(-c2ccccc2)nn2ccccc12)C(=O)O. The standard InChI is InChI=1S/C17H14N2O2/c1-12(17(20)21)11-14-15-9-5-6-10-19(15)18-16(14)13-7-3-2-4-8-13/h2-11H,1H3,(H,20,21)/b12-11+. The van der Waals surface area contributed by atoms with Gasteiger partial charge in [-0.25, -0.2) is 9.31 Å². The number of hydrogen-bond acceptors (Lipinski definition) is 2. The Bertz CT molecular complexity index is 832. The van der Waals surface area contributed by atoms with Gasteiger partial charge in [0.05, 0.1) is 5.52 Å². The first-order valence-electron chi connectivity index (χ1n) is 6.61. The van der Waals surface area contributed by atoms with E-state index in [4.69, 9.17) is 5.11 Å². The van der Waals surface area contributed by atoms with Crippen molar-refractivity contribution in [3.8, 4) is 11.3 Å². The van der Waals surface area contributed by atoms with E-state index in [-0.39, 0.29) is 5.57 Å². The van der Waals surface area contributed by atoms with Crippen LogP contribution in [0.3, 0.4) is 0 Å². The van der Waals surface area contributed by atoms with Gasteiger partial charge < -0.3 is 5.11 Å². The zero-order valence-electron chi connectivity index (χ0n) is 11.5. The summed E-state index contributed by atoms with van der Waals surface area (Å²) < 4.78 is 1.77. The van der Waals surface area contributed by atoms with Crippen LogP contribution in [0, 0.1) is 0 Å². The number of benzene rings is 1. The van der Waals surface area contributed by atoms with Gasteiger partial charge in [-0.3, -0.25) is 0 Å². The third-order valence-electron chi connectivity index (χ3n) is 3.32. The Hall–Kier alpha value is -2.88. The molecule has 0 saturated heterocycles. The normalized spacial score (nSPS) is 11.8. The topological polar surface area (TPSA) is 54.6 Å². The molecule has 4 nitrogen and oxygen atoms in total. The molecule has 4 heteroatoms. The zero-order valence-corrected chi connectivity index (χ0v) is 11.5. The lowest BCUT2D eigenvalue weighted by atomic mass is 10.0. The van der Waals surface area contributed by atoms with Gasteiger partial charge in [0.2, 0.25) is 0 Å². The Morgan fingerprint density at radius 1 is 1.14 bits per heavy atom. The van der Waals surface area contributed by atoms with E-state index < -0.39 is 5.97 Å². The number of pyridine rings is 1. The molecule has 0 aliphatic heterocycles. The van der Waals surface area contributed by atoms with Gasteiger partial charge in [0.15, 0.2) is 0 Å². The van der Waals surface area contributed by atoms with Gasteiger partial charge in [-0.1, -0.05) is 36.4 Å². The van der Waals surface area contributed by atoms with E-state index in [1.54, 1.807) is 17.5 Å². The smallest absolute Gasteiger partial charge is 0.331 e. The molecule has 2 heterocycles. The molecule has 2 aromatic heterocycles. The van der Waals surface area contributed by atoms with E-state index in [1.807, 2.05) is 54.7 Å². The minimum atomic E-state index is -0.927. The third kappa shape index (κ3) is 2.43. The van der Waals surface area contributed by atoms with Crippen molar-refractivity contribution in [2.75, 3.05) is 0 Å². The van der Waals surface area contributed by atoms with Crippen LogP contribution in [0.5, 0.6) is 0 Å². The van der Waals surface area contributed by atoms with Gasteiger partial charge in [0.25, 0.3) is 0 Å². The third-order valence-corrected chi connectivity index (χ3v) is 3.32. The van der Waals surface area contributed by atoms with Crippen LogP contribution in [-0.2, 0) is 4.79 Å². The molecule has 0 amide bonds. The van der Waals surface area contributed by atoms with E-state index >= 15 is 0 Å². The number of aliphatic carboxylic acids is 1. The summed E-state index contributed by atoms with van der Waals surface area (Å²) in [5.74, 6) is -0.927. The van der Waals surface area contributed by atoms with Crippen LogP contribution >= 0.6 is 0 Å². The number of rotatable bonds is 3. The highest BCUT2D eigenvalue weighted by Gasteiger charge is 2.13. The lowest BCUT2D eigenvalue weighted by Crippen LogP contribution is -1.95. The van der Waals surface area contributed by atoms with Crippen molar-refractivity contribution >= 4 is 17.6 Å². The maximum atomic E-state index is 11.1. The number of fused-ring (bicyclic) bond motifs is 1. The van der Waals surface area contributed by atoms with Crippen LogP contribution < -0.4 is 0 Å². The van der Waals surface area contributed by atoms with E-state index in [9.17, 15) is 4.79 Å². The molecule has 104 valence electrons. The van der Waals surface area contributed by atoms with Crippen LogP contribution in [0.2, 0.25) is 0 Å². The maximum absolute atomic E-state index is 11.1. The van der Waals surface area contributed by atoms with E-state index in [0.717, 1.165) is 22.3 Å². The van der Waals surface area contributed by atoms with Crippen molar-refractivity contribution in [3.63, 3.8) is 0 Å². The highest BCUT2D eigenvalue weighted by molar-refractivity contribution is 5.95. The van der Waals surface area contributed by atoms with Gasteiger partial charge in [0, 0.05) is 22.9 Å². The first-order chi connectivity index (χ1) is 10.2. The van der Waals surface area contributed by atoms with Crippen LogP contribution in [-0.4, -0.2) is 20.7 Å². The molecule has 21 heavy (non-hydrogen) atoms. The number of hydrogen-bond donors (Lipinski definition) is 1. The largest absolute Gasteiger partial charge is 0.478 e. The highest BCUT2D eigenvalue weighted by atomic mass is 16.4. The lowest BCUT2D eigenvalue weighted by Gasteiger charge is -1.99. The van der Waals surface area contributed by atoms with Gasteiger partial charge in [-0.05, 0) is 25.1 Å². The maximum Gasteiger partial charge on any atom is 0.331 e. The molecule has 0 unspecified atom stereocenters. The van der Waals surface area contributed by atoms with Crippen molar-refractivity contribution in [1.82, 2.24) is 9.61 Å². The van der Waals surface area contributed by atoms with E-state index in [2.05, 4.69) is 5.10 Å². The molecule has 0 fully saturated rings. The van der Waals surface area contributed by atoms with Crippen LogP contribution in [0.1, 0.15) is 12.5 Å². The number of carboxylic acids is 1. The van der Waals surface area contributed by atoms with Crippen molar-refractivity contribution in [1.29, 1.82) is 0 Å². The second kappa shape index (κ2) is 5.25. The molecule has 0 saturated carbocycles. The quantitative estimate of drug-likeness (QED) is 0.746. The number of carbonyl (C=O) groups is 1.